The van der Waals surface area contributed by atoms with Crippen molar-refractivity contribution in [3.63, 3.8) is 0 Å². The summed E-state index contributed by atoms with van der Waals surface area (Å²) in [5.41, 5.74) is 0.793. The number of aromatic nitrogens is 2. The minimum atomic E-state index is -0.469. The number of hydrogen-bond donors (Lipinski definition) is 0. The molecule has 4 atom stereocenters. The Hall–Kier alpha value is -1.79. The second-order valence-corrected chi connectivity index (χ2v) is 6.56. The molecule has 1 saturated heterocycles. The number of ether oxygens (including phenoxy) is 1. The molecule has 0 amide bonds. The molecule has 0 unspecified atom stereocenters. The highest BCUT2D eigenvalue weighted by atomic mass is 19.1. The van der Waals surface area contributed by atoms with Gasteiger partial charge in [0.15, 0.2) is 0 Å². The summed E-state index contributed by atoms with van der Waals surface area (Å²) in [6.45, 7) is 6.55. The van der Waals surface area contributed by atoms with E-state index in [9.17, 15) is 4.39 Å². The molecule has 130 valence electrons. The predicted molar refractivity (Wildman–Crippen MR) is 88.0 cm³/mol. The lowest BCUT2D eigenvalue weighted by molar-refractivity contribution is 0.124. The molecule has 0 radical (unpaired) electrons. The maximum Gasteiger partial charge on any atom is 0.243 e. The Kier molecular flexibility index (Phi) is 4.96. The van der Waals surface area contributed by atoms with Crippen LogP contribution in [0.25, 0.3) is 0 Å². The number of benzene rings is 1. The highest BCUT2D eigenvalue weighted by molar-refractivity contribution is 5.23. The van der Waals surface area contributed by atoms with Gasteiger partial charge in [0.25, 0.3) is 0 Å². The standard InChI is InChI=1S/C18H24FN3O2/c1-11-5-6-12(2)22(11)13(3)18-20-17(21-24-18)16(23-4)14-7-9-15(19)10-8-14/h7-13,16H,5-6H2,1-4H3/t11-,12-,13-,16+/m0/s1. The van der Waals surface area contributed by atoms with Crippen LogP contribution in [-0.4, -0.2) is 34.2 Å². The monoisotopic (exact) mass is 333 g/mol. The molecule has 1 aliphatic heterocycles. The van der Waals surface area contributed by atoms with Gasteiger partial charge < -0.3 is 9.26 Å². The lowest BCUT2D eigenvalue weighted by Gasteiger charge is -2.30. The van der Waals surface area contributed by atoms with E-state index < -0.39 is 6.10 Å². The Morgan fingerprint density at radius 2 is 1.83 bits per heavy atom. The molecule has 2 heterocycles. The zero-order chi connectivity index (χ0) is 17.3. The molecule has 1 aromatic heterocycles. The van der Waals surface area contributed by atoms with Crippen LogP contribution in [0.3, 0.4) is 0 Å². The summed E-state index contributed by atoms with van der Waals surface area (Å²) >= 11 is 0. The van der Waals surface area contributed by atoms with Crippen molar-refractivity contribution in [3.05, 3.63) is 47.4 Å². The van der Waals surface area contributed by atoms with Gasteiger partial charge in [0.05, 0.1) is 6.04 Å². The van der Waals surface area contributed by atoms with Gasteiger partial charge >= 0.3 is 0 Å². The molecule has 0 aliphatic carbocycles. The molecule has 3 rings (SSSR count). The SMILES string of the molecule is CO[C@H](c1ccc(F)cc1)c1noc([C@H](C)N2[C@@H](C)CC[C@@H]2C)n1. The van der Waals surface area contributed by atoms with Crippen LogP contribution in [-0.2, 0) is 4.74 Å². The number of halogens is 1. The van der Waals surface area contributed by atoms with Gasteiger partial charge in [-0.15, -0.1) is 0 Å². The van der Waals surface area contributed by atoms with Crippen LogP contribution in [0.2, 0.25) is 0 Å². The zero-order valence-corrected chi connectivity index (χ0v) is 14.6. The molecule has 0 saturated carbocycles. The normalized spacial score (nSPS) is 24.2. The van der Waals surface area contributed by atoms with Crippen molar-refractivity contribution >= 4 is 0 Å². The van der Waals surface area contributed by atoms with Gasteiger partial charge in [-0.1, -0.05) is 17.3 Å². The van der Waals surface area contributed by atoms with E-state index in [-0.39, 0.29) is 11.9 Å². The van der Waals surface area contributed by atoms with E-state index in [1.165, 1.54) is 25.0 Å². The van der Waals surface area contributed by atoms with Crippen molar-refractivity contribution in [2.45, 2.75) is 57.8 Å². The average Bonchev–Trinajstić information content (AvgIpc) is 3.17. The van der Waals surface area contributed by atoms with Crippen molar-refractivity contribution in [2.75, 3.05) is 7.11 Å². The number of likely N-dealkylation sites (tertiary alicyclic amines) is 1. The first-order valence-electron chi connectivity index (χ1n) is 8.40. The minimum absolute atomic E-state index is 0.0597. The van der Waals surface area contributed by atoms with Gasteiger partial charge in [0, 0.05) is 19.2 Å². The largest absolute Gasteiger partial charge is 0.369 e. The molecule has 1 fully saturated rings. The first kappa shape index (κ1) is 17.0. The first-order valence-corrected chi connectivity index (χ1v) is 8.40. The molecule has 1 aliphatic rings. The van der Waals surface area contributed by atoms with Gasteiger partial charge in [-0.3, -0.25) is 4.90 Å². The second-order valence-electron chi connectivity index (χ2n) is 6.56. The van der Waals surface area contributed by atoms with E-state index >= 15 is 0 Å². The van der Waals surface area contributed by atoms with E-state index in [0.29, 0.717) is 23.8 Å². The maximum absolute atomic E-state index is 13.1. The van der Waals surface area contributed by atoms with E-state index in [1.54, 1.807) is 19.2 Å². The average molecular weight is 333 g/mol. The lowest BCUT2D eigenvalue weighted by atomic mass is 10.1. The quantitative estimate of drug-likeness (QED) is 0.831. The van der Waals surface area contributed by atoms with Crippen LogP contribution in [0, 0.1) is 5.82 Å². The molecule has 5 nitrogen and oxygen atoms in total. The van der Waals surface area contributed by atoms with Crippen molar-refractivity contribution in [1.29, 1.82) is 0 Å². The topological polar surface area (TPSA) is 51.4 Å². The fraction of sp³-hybridized carbons (Fsp3) is 0.556. The van der Waals surface area contributed by atoms with Crippen LogP contribution < -0.4 is 0 Å². The fourth-order valence-corrected chi connectivity index (χ4v) is 3.66. The van der Waals surface area contributed by atoms with Crippen molar-refractivity contribution in [1.82, 2.24) is 15.0 Å². The van der Waals surface area contributed by atoms with Crippen LogP contribution in [0.15, 0.2) is 28.8 Å². The Bertz CT molecular complexity index is 663. The molecule has 0 spiro atoms. The van der Waals surface area contributed by atoms with Gasteiger partial charge in [-0.2, -0.15) is 4.98 Å². The Balaban J connectivity index is 1.82. The maximum atomic E-state index is 13.1. The third-order valence-corrected chi connectivity index (χ3v) is 4.93. The van der Waals surface area contributed by atoms with Crippen LogP contribution in [0.4, 0.5) is 4.39 Å². The first-order chi connectivity index (χ1) is 11.5. The number of nitrogens with zero attached hydrogens (tertiary/aromatic N) is 3. The highest BCUT2D eigenvalue weighted by Gasteiger charge is 2.34. The summed E-state index contributed by atoms with van der Waals surface area (Å²) in [6.07, 6.45) is 1.90. The van der Waals surface area contributed by atoms with Gasteiger partial charge in [0.2, 0.25) is 11.7 Å². The Morgan fingerprint density at radius 1 is 1.21 bits per heavy atom. The minimum Gasteiger partial charge on any atom is -0.369 e. The fourth-order valence-electron chi connectivity index (χ4n) is 3.66. The summed E-state index contributed by atoms with van der Waals surface area (Å²) in [5, 5.41) is 4.10. The van der Waals surface area contributed by atoms with Crippen LogP contribution in [0.5, 0.6) is 0 Å². The number of hydrogen-bond acceptors (Lipinski definition) is 5. The molecule has 6 heteroatoms. The van der Waals surface area contributed by atoms with E-state index in [4.69, 9.17) is 9.26 Å². The molecular weight excluding hydrogens is 309 g/mol. The summed E-state index contributed by atoms with van der Waals surface area (Å²) in [4.78, 5) is 6.97. The number of rotatable bonds is 5. The second kappa shape index (κ2) is 6.99. The summed E-state index contributed by atoms with van der Waals surface area (Å²) in [6, 6.07) is 7.21. The molecule has 0 bridgehead atoms. The molecule has 2 aromatic rings. The molecule has 24 heavy (non-hydrogen) atoms. The molecular formula is C18H24FN3O2. The lowest BCUT2D eigenvalue weighted by Crippen LogP contribution is -2.35. The molecule has 1 aromatic carbocycles. The number of methoxy groups -OCH3 is 1. The summed E-state index contributed by atoms with van der Waals surface area (Å²) < 4.78 is 24.1. The zero-order valence-electron chi connectivity index (χ0n) is 14.6. The smallest absolute Gasteiger partial charge is 0.243 e. The van der Waals surface area contributed by atoms with Crippen molar-refractivity contribution in [3.8, 4) is 0 Å². The summed E-state index contributed by atoms with van der Waals surface area (Å²) in [5.74, 6) is 0.772. The Morgan fingerprint density at radius 3 is 2.42 bits per heavy atom. The third kappa shape index (κ3) is 3.21. The molecule has 0 N–H and O–H groups in total. The van der Waals surface area contributed by atoms with E-state index in [2.05, 4.69) is 35.8 Å². The van der Waals surface area contributed by atoms with Crippen LogP contribution in [0.1, 0.15) is 63.0 Å². The van der Waals surface area contributed by atoms with E-state index in [1.807, 2.05) is 0 Å². The Labute approximate surface area is 141 Å². The third-order valence-electron chi connectivity index (χ3n) is 4.93. The van der Waals surface area contributed by atoms with E-state index in [0.717, 1.165) is 5.56 Å². The van der Waals surface area contributed by atoms with Crippen molar-refractivity contribution < 1.29 is 13.7 Å². The van der Waals surface area contributed by atoms with Gasteiger partial charge in [-0.25, -0.2) is 4.39 Å². The highest BCUT2D eigenvalue weighted by Crippen LogP contribution is 2.33. The summed E-state index contributed by atoms with van der Waals surface area (Å²) in [7, 11) is 1.58. The van der Waals surface area contributed by atoms with Crippen molar-refractivity contribution in [2.24, 2.45) is 0 Å². The van der Waals surface area contributed by atoms with Gasteiger partial charge in [0.1, 0.15) is 11.9 Å². The predicted octanol–water partition coefficient (Wildman–Crippen LogP) is 3.88. The van der Waals surface area contributed by atoms with Gasteiger partial charge in [-0.05, 0) is 51.3 Å². The van der Waals surface area contributed by atoms with Crippen LogP contribution >= 0.6 is 0 Å².